The van der Waals surface area contributed by atoms with E-state index in [1.54, 1.807) is 6.26 Å². The largest absolute Gasteiger partial charge is 0.469 e. The first-order valence-electron chi connectivity index (χ1n) is 10.6. The summed E-state index contributed by atoms with van der Waals surface area (Å²) in [5.74, 6) is 1.43. The van der Waals surface area contributed by atoms with E-state index in [2.05, 4.69) is 34.6 Å². The third-order valence-corrected chi connectivity index (χ3v) is 6.36. The Morgan fingerprint density at radius 1 is 1.06 bits per heavy atom. The Kier molecular flexibility index (Phi) is 6.75. The number of rotatable bonds is 8. The fraction of sp³-hybridized carbons (Fsp3) is 0.240. The first kappa shape index (κ1) is 21.9. The Bertz CT molecular complexity index is 1180. The molecule has 2 aromatic heterocycles. The van der Waals surface area contributed by atoms with Crippen LogP contribution in [0.1, 0.15) is 30.7 Å². The summed E-state index contributed by atoms with van der Waals surface area (Å²) < 4.78 is 7.52. The Labute approximate surface area is 192 Å². The maximum absolute atomic E-state index is 12.8. The van der Waals surface area contributed by atoms with E-state index in [0.29, 0.717) is 11.7 Å². The zero-order valence-electron chi connectivity index (χ0n) is 18.4. The van der Waals surface area contributed by atoms with Crippen LogP contribution in [0.5, 0.6) is 0 Å². The van der Waals surface area contributed by atoms with Crippen molar-refractivity contribution in [2.75, 3.05) is 5.32 Å². The number of hydrogen-bond acceptors (Lipinski definition) is 5. The quantitative estimate of drug-likeness (QED) is 0.358. The number of carbonyl (C=O) groups is 1. The normalized spacial score (nSPS) is 12.0. The summed E-state index contributed by atoms with van der Waals surface area (Å²) in [6.07, 6.45) is 2.62. The van der Waals surface area contributed by atoms with Crippen LogP contribution in [0.4, 0.5) is 5.69 Å². The van der Waals surface area contributed by atoms with Crippen molar-refractivity contribution in [2.24, 2.45) is 0 Å². The van der Waals surface area contributed by atoms with Gasteiger partial charge < -0.3 is 9.73 Å². The third kappa shape index (κ3) is 4.94. The molecule has 6 nitrogen and oxygen atoms in total. The van der Waals surface area contributed by atoms with E-state index in [1.165, 1.54) is 17.3 Å². The lowest BCUT2D eigenvalue weighted by atomic mass is 10.1. The fourth-order valence-electron chi connectivity index (χ4n) is 3.38. The van der Waals surface area contributed by atoms with Crippen molar-refractivity contribution < 1.29 is 9.21 Å². The van der Waals surface area contributed by atoms with Crippen LogP contribution in [-0.4, -0.2) is 25.9 Å². The molecule has 1 N–H and O–H groups in total. The number of aryl methyl sites for hydroxylation is 2. The Morgan fingerprint density at radius 2 is 1.81 bits per heavy atom. The molecular weight excluding hydrogens is 420 g/mol. The van der Waals surface area contributed by atoms with Crippen LogP contribution in [0.15, 0.2) is 76.5 Å². The first-order chi connectivity index (χ1) is 15.5. The third-order valence-electron chi connectivity index (χ3n) is 5.28. The van der Waals surface area contributed by atoms with Crippen LogP contribution in [0, 0.1) is 6.92 Å². The highest BCUT2D eigenvalue weighted by Crippen LogP contribution is 2.30. The molecule has 0 fully saturated rings. The molecule has 0 radical (unpaired) electrons. The van der Waals surface area contributed by atoms with Gasteiger partial charge in [0.1, 0.15) is 5.76 Å². The van der Waals surface area contributed by atoms with Gasteiger partial charge in [0.2, 0.25) is 5.91 Å². The molecular formula is C25H26N4O2S. The Balaban J connectivity index is 1.56. The van der Waals surface area contributed by atoms with Crippen molar-refractivity contribution in [3.05, 3.63) is 83.8 Å². The van der Waals surface area contributed by atoms with Crippen molar-refractivity contribution in [3.8, 4) is 11.4 Å². The van der Waals surface area contributed by atoms with Gasteiger partial charge >= 0.3 is 0 Å². The minimum atomic E-state index is -0.349. The molecule has 0 spiro atoms. The predicted octanol–water partition coefficient (Wildman–Crippen LogP) is 5.58. The van der Waals surface area contributed by atoms with Crippen LogP contribution in [0.25, 0.3) is 11.4 Å². The molecule has 0 saturated carbocycles. The highest BCUT2D eigenvalue weighted by Gasteiger charge is 2.22. The second-order valence-corrected chi connectivity index (χ2v) is 8.88. The van der Waals surface area contributed by atoms with Crippen molar-refractivity contribution in [1.29, 1.82) is 0 Å². The van der Waals surface area contributed by atoms with E-state index in [1.807, 2.05) is 66.9 Å². The molecule has 2 aromatic carbocycles. The molecule has 0 aliphatic rings. The van der Waals surface area contributed by atoms with E-state index in [-0.39, 0.29) is 11.2 Å². The van der Waals surface area contributed by atoms with Gasteiger partial charge in [-0.25, -0.2) is 0 Å². The number of amides is 1. The Hall–Kier alpha value is -3.32. The van der Waals surface area contributed by atoms with Gasteiger partial charge in [0, 0.05) is 5.69 Å². The molecule has 4 rings (SSSR count). The summed E-state index contributed by atoms with van der Waals surface area (Å²) >= 11 is 1.40. The predicted molar refractivity (Wildman–Crippen MR) is 128 cm³/mol. The molecule has 0 unspecified atom stereocenters. The van der Waals surface area contributed by atoms with E-state index in [0.717, 1.165) is 34.8 Å². The zero-order chi connectivity index (χ0) is 22.5. The number of nitrogens with one attached hydrogen (secondary N) is 1. The summed E-state index contributed by atoms with van der Waals surface area (Å²) in [6.45, 7) is 6.49. The fourth-order valence-corrected chi connectivity index (χ4v) is 4.23. The average molecular weight is 447 g/mol. The number of thioether (sulfide) groups is 1. The molecule has 7 heteroatoms. The van der Waals surface area contributed by atoms with Crippen LogP contribution >= 0.6 is 11.8 Å². The molecule has 1 atom stereocenters. The number of hydrogen-bond donors (Lipinski definition) is 1. The van der Waals surface area contributed by atoms with Gasteiger partial charge in [-0.1, -0.05) is 61.2 Å². The molecule has 4 aromatic rings. The number of carbonyl (C=O) groups excluding carboxylic acids is 1. The van der Waals surface area contributed by atoms with Crippen molar-refractivity contribution in [3.63, 3.8) is 0 Å². The van der Waals surface area contributed by atoms with Crippen molar-refractivity contribution in [1.82, 2.24) is 14.8 Å². The molecule has 164 valence electrons. The topological polar surface area (TPSA) is 73.0 Å². The van der Waals surface area contributed by atoms with Gasteiger partial charge in [0.25, 0.3) is 0 Å². The van der Waals surface area contributed by atoms with Gasteiger partial charge in [0.15, 0.2) is 11.0 Å². The minimum Gasteiger partial charge on any atom is -0.469 e. The molecule has 0 bridgehead atoms. The lowest BCUT2D eigenvalue weighted by Crippen LogP contribution is -2.23. The minimum absolute atomic E-state index is 0.0745. The maximum atomic E-state index is 12.8. The van der Waals surface area contributed by atoms with E-state index < -0.39 is 0 Å². The molecule has 0 aliphatic heterocycles. The molecule has 2 heterocycles. The van der Waals surface area contributed by atoms with Gasteiger partial charge in [-0.15, -0.1) is 10.2 Å². The molecule has 32 heavy (non-hydrogen) atoms. The van der Waals surface area contributed by atoms with Gasteiger partial charge in [-0.3, -0.25) is 9.36 Å². The Morgan fingerprint density at radius 3 is 2.47 bits per heavy atom. The number of benzene rings is 2. The SMILES string of the molecule is CCc1ccc(NC(=O)[C@H](C)Sc2nnc(-c3ccoc3C)n2Cc2ccccc2)cc1. The van der Waals surface area contributed by atoms with E-state index >= 15 is 0 Å². The number of nitrogens with zero attached hydrogens (tertiary/aromatic N) is 3. The number of furan rings is 1. The molecule has 1 amide bonds. The summed E-state index contributed by atoms with van der Waals surface area (Å²) in [4.78, 5) is 12.8. The first-order valence-corrected chi connectivity index (χ1v) is 11.5. The maximum Gasteiger partial charge on any atom is 0.237 e. The highest BCUT2D eigenvalue weighted by molar-refractivity contribution is 8.00. The highest BCUT2D eigenvalue weighted by atomic mass is 32.2. The van der Waals surface area contributed by atoms with Crippen LogP contribution in [0.2, 0.25) is 0 Å². The van der Waals surface area contributed by atoms with Crippen molar-refractivity contribution >= 4 is 23.4 Å². The average Bonchev–Trinajstić information content (AvgIpc) is 3.40. The lowest BCUT2D eigenvalue weighted by Gasteiger charge is -2.14. The van der Waals surface area contributed by atoms with Crippen LogP contribution < -0.4 is 5.32 Å². The van der Waals surface area contributed by atoms with Gasteiger partial charge in [-0.2, -0.15) is 0 Å². The van der Waals surface area contributed by atoms with E-state index in [4.69, 9.17) is 4.42 Å². The number of aromatic nitrogens is 3. The number of anilines is 1. The molecule has 0 aliphatic carbocycles. The van der Waals surface area contributed by atoms with Crippen molar-refractivity contribution in [2.45, 2.75) is 44.1 Å². The lowest BCUT2D eigenvalue weighted by molar-refractivity contribution is -0.115. The smallest absolute Gasteiger partial charge is 0.237 e. The summed E-state index contributed by atoms with van der Waals surface area (Å²) in [5.41, 5.74) is 4.06. The van der Waals surface area contributed by atoms with Gasteiger partial charge in [-0.05, 0) is 49.6 Å². The summed E-state index contributed by atoms with van der Waals surface area (Å²) in [7, 11) is 0. The van der Waals surface area contributed by atoms with Crippen LogP contribution in [-0.2, 0) is 17.8 Å². The van der Waals surface area contributed by atoms with Gasteiger partial charge in [0.05, 0.1) is 23.6 Å². The molecule has 0 saturated heterocycles. The standard InChI is InChI=1S/C25H26N4O2S/c1-4-19-10-12-21(13-11-19)26-24(30)18(3)32-25-28-27-23(22-14-15-31-17(22)2)29(25)16-20-8-6-5-7-9-20/h5-15,18H,4,16H2,1-3H3,(H,26,30)/t18-/m0/s1. The monoisotopic (exact) mass is 446 g/mol. The van der Waals surface area contributed by atoms with E-state index in [9.17, 15) is 4.79 Å². The van der Waals surface area contributed by atoms with Crippen LogP contribution in [0.3, 0.4) is 0 Å². The zero-order valence-corrected chi connectivity index (χ0v) is 19.2. The second-order valence-electron chi connectivity index (χ2n) is 7.57. The second kappa shape index (κ2) is 9.87. The summed E-state index contributed by atoms with van der Waals surface area (Å²) in [5, 5.41) is 12.2. The summed E-state index contributed by atoms with van der Waals surface area (Å²) in [6, 6.07) is 20.0.